The highest BCUT2D eigenvalue weighted by atomic mass is 19.1. The molecule has 0 N–H and O–H groups in total. The van der Waals surface area contributed by atoms with Crippen molar-refractivity contribution in [2.45, 2.75) is 6.54 Å². The SMILES string of the molecule is O=C1COCCN1c1ccc(N=Cc2cn(Cc3ccc(F)cc3)c3ccccc23)cc1. The first-order chi connectivity index (χ1) is 15.7. The van der Waals surface area contributed by atoms with Gasteiger partial charge >= 0.3 is 0 Å². The van der Waals surface area contributed by atoms with Crippen LogP contribution in [0.5, 0.6) is 0 Å². The second-order valence-corrected chi connectivity index (χ2v) is 7.73. The van der Waals surface area contributed by atoms with Gasteiger partial charge in [0.1, 0.15) is 12.4 Å². The normalized spacial score (nSPS) is 14.5. The molecule has 1 aliphatic rings. The van der Waals surface area contributed by atoms with Crippen molar-refractivity contribution in [2.24, 2.45) is 4.99 Å². The minimum atomic E-state index is -0.233. The molecule has 0 spiro atoms. The van der Waals surface area contributed by atoms with Gasteiger partial charge in [0.15, 0.2) is 0 Å². The molecule has 0 radical (unpaired) electrons. The number of aliphatic imine (C=N–C) groups is 1. The van der Waals surface area contributed by atoms with Crippen molar-refractivity contribution in [3.63, 3.8) is 0 Å². The number of amides is 1. The third kappa shape index (κ3) is 4.18. The Hall–Kier alpha value is -3.77. The second-order valence-electron chi connectivity index (χ2n) is 7.73. The monoisotopic (exact) mass is 427 g/mol. The number of nitrogens with zero attached hydrogens (tertiary/aromatic N) is 3. The molecule has 4 aromatic rings. The van der Waals surface area contributed by atoms with Gasteiger partial charge in [-0.3, -0.25) is 9.79 Å². The van der Waals surface area contributed by atoms with Gasteiger partial charge in [0.25, 0.3) is 5.91 Å². The Kier molecular flexibility index (Phi) is 5.52. The Bertz CT molecular complexity index is 1280. The predicted molar refractivity (Wildman–Crippen MR) is 124 cm³/mol. The van der Waals surface area contributed by atoms with Crippen LogP contribution in [0.4, 0.5) is 15.8 Å². The Balaban J connectivity index is 1.39. The van der Waals surface area contributed by atoms with Crippen LogP contribution in [0.1, 0.15) is 11.1 Å². The number of aromatic nitrogens is 1. The largest absolute Gasteiger partial charge is 0.370 e. The third-order valence-electron chi connectivity index (χ3n) is 5.59. The van der Waals surface area contributed by atoms with Crippen molar-refractivity contribution < 1.29 is 13.9 Å². The van der Waals surface area contributed by atoms with E-state index in [0.29, 0.717) is 19.7 Å². The summed E-state index contributed by atoms with van der Waals surface area (Å²) in [6, 6.07) is 22.4. The van der Waals surface area contributed by atoms with Gasteiger partial charge in [-0.15, -0.1) is 0 Å². The maximum absolute atomic E-state index is 13.2. The van der Waals surface area contributed by atoms with Gasteiger partial charge in [-0.05, 0) is 48.0 Å². The summed E-state index contributed by atoms with van der Waals surface area (Å²) in [6.07, 6.45) is 3.93. The Morgan fingerprint density at radius 1 is 1.00 bits per heavy atom. The van der Waals surface area contributed by atoms with Gasteiger partial charge in [0.05, 0.1) is 12.3 Å². The minimum absolute atomic E-state index is 0.0264. The quantitative estimate of drug-likeness (QED) is 0.424. The summed E-state index contributed by atoms with van der Waals surface area (Å²) in [6.45, 7) is 1.89. The molecule has 1 aliphatic heterocycles. The fraction of sp³-hybridized carbons (Fsp3) is 0.154. The van der Waals surface area contributed by atoms with E-state index in [0.717, 1.165) is 33.4 Å². The number of morpholine rings is 1. The summed E-state index contributed by atoms with van der Waals surface area (Å²) >= 11 is 0. The molecule has 5 nitrogen and oxygen atoms in total. The standard InChI is InChI=1S/C26H22FN3O2/c27-21-7-5-19(6-8-21)16-29-17-20(24-3-1-2-4-25(24)29)15-28-22-9-11-23(12-10-22)30-13-14-32-18-26(30)31/h1-12,15,17H,13-14,16,18H2. The van der Waals surface area contributed by atoms with Crippen LogP contribution in [0.25, 0.3) is 10.9 Å². The van der Waals surface area contributed by atoms with E-state index in [9.17, 15) is 9.18 Å². The number of ether oxygens (including phenoxy) is 1. The van der Waals surface area contributed by atoms with Crippen LogP contribution in [0, 0.1) is 5.82 Å². The second kappa shape index (κ2) is 8.77. The number of carbonyl (C=O) groups excluding carboxylic acids is 1. The molecule has 1 fully saturated rings. The lowest BCUT2D eigenvalue weighted by Crippen LogP contribution is -2.41. The van der Waals surface area contributed by atoms with Gasteiger partial charge in [-0.2, -0.15) is 0 Å². The smallest absolute Gasteiger partial charge is 0.253 e. The van der Waals surface area contributed by atoms with Crippen molar-refractivity contribution in [2.75, 3.05) is 24.7 Å². The first-order valence-corrected chi connectivity index (χ1v) is 10.5. The van der Waals surface area contributed by atoms with E-state index in [1.165, 1.54) is 12.1 Å². The summed E-state index contributed by atoms with van der Waals surface area (Å²) in [4.78, 5) is 18.4. The van der Waals surface area contributed by atoms with E-state index >= 15 is 0 Å². The molecule has 32 heavy (non-hydrogen) atoms. The molecule has 1 saturated heterocycles. The average Bonchev–Trinajstić information content (AvgIpc) is 3.17. The summed E-state index contributed by atoms with van der Waals surface area (Å²) in [5.74, 6) is -0.260. The average molecular weight is 427 g/mol. The van der Waals surface area contributed by atoms with Crippen LogP contribution in [-0.2, 0) is 16.1 Å². The van der Waals surface area contributed by atoms with E-state index in [1.807, 2.05) is 42.6 Å². The number of halogens is 1. The van der Waals surface area contributed by atoms with E-state index in [1.54, 1.807) is 17.0 Å². The topological polar surface area (TPSA) is 46.8 Å². The lowest BCUT2D eigenvalue weighted by atomic mass is 10.2. The summed E-state index contributed by atoms with van der Waals surface area (Å²) in [5, 5.41) is 1.11. The Labute approximate surface area is 185 Å². The number of rotatable bonds is 5. The van der Waals surface area contributed by atoms with Gasteiger partial charge in [0.2, 0.25) is 0 Å². The molecule has 1 amide bonds. The first-order valence-electron chi connectivity index (χ1n) is 10.5. The fourth-order valence-corrected chi connectivity index (χ4v) is 3.95. The Morgan fingerprint density at radius 3 is 2.56 bits per heavy atom. The number of fused-ring (bicyclic) bond motifs is 1. The fourth-order valence-electron chi connectivity index (χ4n) is 3.95. The molecular formula is C26H22FN3O2. The molecule has 0 unspecified atom stereocenters. The third-order valence-corrected chi connectivity index (χ3v) is 5.59. The highest BCUT2D eigenvalue weighted by molar-refractivity contribution is 6.00. The maximum atomic E-state index is 13.2. The molecule has 0 aliphatic carbocycles. The molecule has 1 aromatic heterocycles. The molecule has 0 atom stereocenters. The number of hydrogen-bond donors (Lipinski definition) is 0. The van der Waals surface area contributed by atoms with Gasteiger partial charge in [-0.1, -0.05) is 30.3 Å². The minimum Gasteiger partial charge on any atom is -0.370 e. The van der Waals surface area contributed by atoms with E-state index in [4.69, 9.17) is 4.74 Å². The number of hydrogen-bond acceptors (Lipinski definition) is 3. The molecule has 6 heteroatoms. The first kappa shape index (κ1) is 20.2. The van der Waals surface area contributed by atoms with Crippen LogP contribution < -0.4 is 4.90 Å². The van der Waals surface area contributed by atoms with E-state index in [2.05, 4.69) is 27.9 Å². The number of para-hydroxylation sites is 1. The van der Waals surface area contributed by atoms with Crippen molar-refractivity contribution >= 4 is 34.4 Å². The molecule has 0 bridgehead atoms. The molecule has 160 valence electrons. The zero-order chi connectivity index (χ0) is 21.9. The lowest BCUT2D eigenvalue weighted by Gasteiger charge is -2.26. The molecule has 5 rings (SSSR count). The van der Waals surface area contributed by atoms with Crippen molar-refractivity contribution in [3.05, 3.63) is 95.9 Å². The van der Waals surface area contributed by atoms with Crippen LogP contribution in [0.2, 0.25) is 0 Å². The van der Waals surface area contributed by atoms with E-state index < -0.39 is 0 Å². The molecule has 2 heterocycles. The van der Waals surface area contributed by atoms with Crippen molar-refractivity contribution in [3.8, 4) is 0 Å². The van der Waals surface area contributed by atoms with Crippen LogP contribution in [0.15, 0.2) is 84.0 Å². The number of benzene rings is 3. The van der Waals surface area contributed by atoms with Gasteiger partial charge in [-0.25, -0.2) is 4.39 Å². The lowest BCUT2D eigenvalue weighted by molar-refractivity contribution is -0.125. The Morgan fingerprint density at radius 2 is 1.78 bits per heavy atom. The van der Waals surface area contributed by atoms with E-state index in [-0.39, 0.29) is 18.3 Å². The zero-order valence-electron chi connectivity index (χ0n) is 17.4. The van der Waals surface area contributed by atoms with Gasteiger partial charge < -0.3 is 14.2 Å². The summed E-state index contributed by atoms with van der Waals surface area (Å²) in [5.41, 5.74) is 4.80. The summed E-state index contributed by atoms with van der Waals surface area (Å²) < 4.78 is 20.6. The predicted octanol–water partition coefficient (Wildman–Crippen LogP) is 4.94. The van der Waals surface area contributed by atoms with Crippen molar-refractivity contribution in [1.82, 2.24) is 4.57 Å². The number of anilines is 1. The van der Waals surface area contributed by atoms with Crippen LogP contribution in [-0.4, -0.2) is 36.4 Å². The van der Waals surface area contributed by atoms with Crippen LogP contribution >= 0.6 is 0 Å². The van der Waals surface area contributed by atoms with Crippen LogP contribution in [0.3, 0.4) is 0 Å². The highest BCUT2D eigenvalue weighted by Gasteiger charge is 2.19. The van der Waals surface area contributed by atoms with Crippen molar-refractivity contribution in [1.29, 1.82) is 0 Å². The zero-order valence-corrected chi connectivity index (χ0v) is 17.4. The summed E-state index contributed by atoms with van der Waals surface area (Å²) in [7, 11) is 0. The molecule has 0 saturated carbocycles. The molecule has 3 aromatic carbocycles. The van der Waals surface area contributed by atoms with Gasteiger partial charge in [0, 0.05) is 47.7 Å². The maximum Gasteiger partial charge on any atom is 0.253 e. The number of carbonyl (C=O) groups is 1. The molecular weight excluding hydrogens is 405 g/mol. The highest BCUT2D eigenvalue weighted by Crippen LogP contribution is 2.24.